The molecule has 8 heteroatoms. The van der Waals surface area contributed by atoms with Crippen molar-refractivity contribution in [3.8, 4) is 11.5 Å². The summed E-state index contributed by atoms with van der Waals surface area (Å²) in [6, 6.07) is 18.9. The van der Waals surface area contributed by atoms with Crippen LogP contribution in [0, 0.1) is 26.7 Å². The fraction of sp³-hybridized carbons (Fsp3) is 0.382. The van der Waals surface area contributed by atoms with Crippen LogP contribution >= 0.6 is 11.8 Å². The van der Waals surface area contributed by atoms with Crippen molar-refractivity contribution in [1.29, 1.82) is 0 Å². The number of thioether (sulfide) groups is 1. The van der Waals surface area contributed by atoms with E-state index in [0.29, 0.717) is 23.6 Å². The zero-order valence-electron chi connectivity index (χ0n) is 25.4. The highest BCUT2D eigenvalue weighted by Gasteiger charge is 2.42. The molecule has 4 rings (SSSR count). The molecule has 1 fully saturated rings. The van der Waals surface area contributed by atoms with Crippen molar-refractivity contribution >= 4 is 29.6 Å². The number of ether oxygens (including phenoxy) is 3. The summed E-state index contributed by atoms with van der Waals surface area (Å²) >= 11 is 1.62. The van der Waals surface area contributed by atoms with E-state index in [4.69, 9.17) is 14.2 Å². The predicted molar refractivity (Wildman–Crippen MR) is 165 cm³/mol. The minimum absolute atomic E-state index is 0.0163. The Morgan fingerprint density at radius 1 is 0.929 bits per heavy atom. The molecular weight excluding hydrogens is 550 g/mol. The SMILES string of the molecule is CCOC(=O)C(C)(C)Oc1c(C)cc(C2CN(C(=O)Oc3ccc(C)cc3)C[C@H]2C(=O)c2ccc(SC)cc2)cc1C. The van der Waals surface area contributed by atoms with Gasteiger partial charge in [0, 0.05) is 35.4 Å². The molecule has 1 unspecified atom stereocenters. The van der Waals surface area contributed by atoms with Crippen molar-refractivity contribution in [3.63, 3.8) is 0 Å². The van der Waals surface area contributed by atoms with E-state index in [9.17, 15) is 14.4 Å². The lowest BCUT2D eigenvalue weighted by molar-refractivity contribution is -0.158. The third kappa shape index (κ3) is 6.98. The normalized spacial score (nSPS) is 16.7. The summed E-state index contributed by atoms with van der Waals surface area (Å²) in [4.78, 5) is 42.3. The Labute approximate surface area is 252 Å². The number of hydrogen-bond donors (Lipinski definition) is 0. The summed E-state index contributed by atoms with van der Waals surface area (Å²) in [6.45, 7) is 11.8. The molecule has 7 nitrogen and oxygen atoms in total. The second kappa shape index (κ2) is 13.0. The number of nitrogens with zero attached hydrogens (tertiary/aromatic N) is 1. The van der Waals surface area contributed by atoms with E-state index >= 15 is 0 Å². The van der Waals surface area contributed by atoms with Gasteiger partial charge in [0.25, 0.3) is 0 Å². The van der Waals surface area contributed by atoms with E-state index in [1.54, 1.807) is 49.6 Å². The highest BCUT2D eigenvalue weighted by molar-refractivity contribution is 7.98. The molecule has 0 bridgehead atoms. The van der Waals surface area contributed by atoms with Crippen LogP contribution in [0.2, 0.25) is 0 Å². The van der Waals surface area contributed by atoms with E-state index in [1.165, 1.54) is 0 Å². The van der Waals surface area contributed by atoms with Crippen LogP contribution in [0.1, 0.15) is 59.3 Å². The Hall–Kier alpha value is -3.78. The smallest absolute Gasteiger partial charge is 0.415 e. The summed E-state index contributed by atoms with van der Waals surface area (Å²) in [6.07, 6.45) is 1.51. The fourth-order valence-electron chi connectivity index (χ4n) is 5.26. The summed E-state index contributed by atoms with van der Waals surface area (Å²) < 4.78 is 17.0. The molecule has 42 heavy (non-hydrogen) atoms. The van der Waals surface area contributed by atoms with E-state index < -0.39 is 23.6 Å². The van der Waals surface area contributed by atoms with E-state index in [2.05, 4.69) is 0 Å². The first-order valence-corrected chi connectivity index (χ1v) is 15.3. The molecule has 2 atom stereocenters. The molecule has 1 aliphatic rings. The van der Waals surface area contributed by atoms with Gasteiger partial charge in [-0.2, -0.15) is 0 Å². The van der Waals surface area contributed by atoms with Crippen LogP contribution in [0.5, 0.6) is 11.5 Å². The number of carbonyl (C=O) groups excluding carboxylic acids is 3. The number of rotatable bonds is 9. The minimum Gasteiger partial charge on any atom is -0.476 e. The molecule has 0 N–H and O–H groups in total. The molecule has 1 aliphatic heterocycles. The minimum atomic E-state index is -1.17. The maximum atomic E-state index is 13.9. The summed E-state index contributed by atoms with van der Waals surface area (Å²) in [7, 11) is 0. The third-order valence-electron chi connectivity index (χ3n) is 7.55. The van der Waals surface area contributed by atoms with Crippen molar-refractivity contribution in [2.24, 2.45) is 5.92 Å². The Morgan fingerprint density at radius 2 is 1.55 bits per heavy atom. The number of esters is 1. The van der Waals surface area contributed by atoms with E-state index in [0.717, 1.165) is 27.1 Å². The van der Waals surface area contributed by atoms with Gasteiger partial charge in [0.1, 0.15) is 11.5 Å². The van der Waals surface area contributed by atoms with Crippen molar-refractivity contribution in [2.75, 3.05) is 26.0 Å². The van der Waals surface area contributed by atoms with Gasteiger partial charge in [-0.05, 0) is 88.8 Å². The molecule has 1 heterocycles. The average Bonchev–Trinajstić information content (AvgIpc) is 3.42. The van der Waals surface area contributed by atoms with Crippen LogP contribution in [0.3, 0.4) is 0 Å². The summed E-state index contributed by atoms with van der Waals surface area (Å²) in [5.74, 6) is -0.116. The second-order valence-corrected chi connectivity index (χ2v) is 12.1. The lowest BCUT2D eigenvalue weighted by atomic mass is 9.82. The predicted octanol–water partition coefficient (Wildman–Crippen LogP) is 7.15. The monoisotopic (exact) mass is 589 g/mol. The highest BCUT2D eigenvalue weighted by atomic mass is 32.2. The number of likely N-dealkylation sites (tertiary alicyclic amines) is 1. The zero-order valence-corrected chi connectivity index (χ0v) is 26.2. The maximum Gasteiger partial charge on any atom is 0.415 e. The molecule has 1 amide bonds. The number of aryl methyl sites for hydroxylation is 3. The van der Waals surface area contributed by atoms with Gasteiger partial charge in [-0.25, -0.2) is 9.59 Å². The number of ketones is 1. The maximum absolute atomic E-state index is 13.9. The van der Waals surface area contributed by atoms with E-state index in [1.807, 2.05) is 75.6 Å². The highest BCUT2D eigenvalue weighted by Crippen LogP contribution is 2.39. The van der Waals surface area contributed by atoms with Crippen LogP contribution in [0.25, 0.3) is 0 Å². The molecular formula is C34H39NO6S. The quantitative estimate of drug-likeness (QED) is 0.149. The molecule has 0 saturated carbocycles. The lowest BCUT2D eigenvalue weighted by Crippen LogP contribution is -2.40. The van der Waals surface area contributed by atoms with Crippen LogP contribution in [0.15, 0.2) is 65.6 Å². The number of benzene rings is 3. The topological polar surface area (TPSA) is 82.1 Å². The number of carbonyl (C=O) groups is 3. The van der Waals surface area contributed by atoms with Crippen LogP contribution in [0.4, 0.5) is 4.79 Å². The second-order valence-electron chi connectivity index (χ2n) is 11.2. The summed E-state index contributed by atoms with van der Waals surface area (Å²) in [5.41, 5.74) is 3.10. The van der Waals surface area contributed by atoms with Gasteiger partial charge in [0.15, 0.2) is 11.4 Å². The lowest BCUT2D eigenvalue weighted by Gasteiger charge is -2.27. The molecule has 0 aromatic heterocycles. The van der Waals surface area contributed by atoms with Crippen molar-refractivity contribution in [2.45, 2.75) is 58.0 Å². The van der Waals surface area contributed by atoms with Gasteiger partial charge in [0.2, 0.25) is 0 Å². The summed E-state index contributed by atoms with van der Waals surface area (Å²) in [5, 5.41) is 0. The van der Waals surface area contributed by atoms with Crippen LogP contribution in [-0.2, 0) is 9.53 Å². The fourth-order valence-corrected chi connectivity index (χ4v) is 5.67. The third-order valence-corrected chi connectivity index (χ3v) is 8.29. The van der Waals surface area contributed by atoms with Crippen molar-refractivity contribution < 1.29 is 28.6 Å². The first-order chi connectivity index (χ1) is 19.9. The van der Waals surface area contributed by atoms with Gasteiger partial charge >= 0.3 is 12.1 Å². The molecule has 3 aromatic carbocycles. The molecule has 0 radical (unpaired) electrons. The van der Waals surface area contributed by atoms with Gasteiger partial charge in [-0.15, -0.1) is 11.8 Å². The largest absolute Gasteiger partial charge is 0.476 e. The standard InChI is InChI=1S/C34H39NO6S/c1-8-39-32(37)34(5,6)41-31-22(3)17-25(18-23(31)4)28-19-35(33(38)40-26-13-9-21(2)10-14-26)20-29(28)30(36)24-11-15-27(42-7)16-12-24/h9-18,28-29H,8,19-20H2,1-7H3/t28?,29-/m1/s1. The Bertz CT molecular complexity index is 1420. The molecule has 1 saturated heterocycles. The van der Waals surface area contributed by atoms with Crippen molar-refractivity contribution in [3.05, 3.63) is 88.5 Å². The van der Waals surface area contributed by atoms with E-state index in [-0.39, 0.29) is 24.9 Å². The number of hydrogen-bond acceptors (Lipinski definition) is 7. The number of Topliss-reactive ketones (excluding diaryl/α,β-unsaturated/α-hetero) is 1. The first kappa shape index (κ1) is 31.2. The molecule has 0 aliphatic carbocycles. The molecule has 3 aromatic rings. The van der Waals surface area contributed by atoms with Gasteiger partial charge in [-0.1, -0.05) is 42.0 Å². The van der Waals surface area contributed by atoms with Gasteiger partial charge in [0.05, 0.1) is 6.61 Å². The molecule has 0 spiro atoms. The zero-order chi connectivity index (χ0) is 30.6. The Morgan fingerprint density at radius 3 is 2.12 bits per heavy atom. The first-order valence-electron chi connectivity index (χ1n) is 14.1. The Kier molecular flexibility index (Phi) is 9.67. The van der Waals surface area contributed by atoms with Crippen LogP contribution in [-0.4, -0.2) is 54.3 Å². The van der Waals surface area contributed by atoms with Crippen LogP contribution < -0.4 is 9.47 Å². The average molecular weight is 590 g/mol. The molecule has 222 valence electrons. The van der Waals surface area contributed by atoms with Crippen molar-refractivity contribution in [1.82, 2.24) is 4.90 Å². The number of amides is 1. The van der Waals surface area contributed by atoms with Gasteiger partial charge in [-0.3, -0.25) is 4.79 Å². The Balaban J connectivity index is 1.65. The van der Waals surface area contributed by atoms with Gasteiger partial charge < -0.3 is 19.1 Å².